The summed E-state index contributed by atoms with van der Waals surface area (Å²) in [5.41, 5.74) is 0.456. The Balaban J connectivity index is 2.27. The summed E-state index contributed by atoms with van der Waals surface area (Å²) in [6, 6.07) is 15.1. The van der Waals surface area contributed by atoms with Crippen LogP contribution < -0.4 is 10.9 Å². The minimum absolute atomic E-state index is 0.00100. The van der Waals surface area contributed by atoms with Gasteiger partial charge < -0.3 is 9.13 Å². The fourth-order valence-corrected chi connectivity index (χ4v) is 5.27. The Kier molecular flexibility index (Phi) is 3.71. The van der Waals surface area contributed by atoms with Crippen LogP contribution >= 0.6 is 0 Å². The third-order valence-electron chi connectivity index (χ3n) is 5.68. The van der Waals surface area contributed by atoms with Crippen LogP contribution in [0.5, 0.6) is 0 Å². The molecule has 0 aliphatic heterocycles. The highest BCUT2D eigenvalue weighted by atomic mass is 32.2. The van der Waals surface area contributed by atoms with Gasteiger partial charge in [0.05, 0.1) is 27.5 Å². The number of rotatable bonds is 1. The molecule has 5 rings (SSSR count). The molecule has 0 atom stereocenters. The Morgan fingerprint density at radius 3 is 1.87 bits per heavy atom. The molecule has 7 nitrogen and oxygen atoms in total. The van der Waals surface area contributed by atoms with Crippen LogP contribution in [0, 0.1) is 0 Å². The molecular formula is C22H16N2O5S. The Morgan fingerprint density at radius 1 is 0.733 bits per heavy atom. The van der Waals surface area contributed by atoms with Crippen molar-refractivity contribution in [2.75, 3.05) is 0 Å². The number of hydrogen-bond acceptors (Lipinski definition) is 4. The fraction of sp³-hybridized carbons (Fsp3) is 0.0909. The van der Waals surface area contributed by atoms with Crippen LogP contribution in [0.1, 0.15) is 0 Å². The topological polar surface area (TPSA) is 98.4 Å². The normalized spacial score (nSPS) is 12.4. The van der Waals surface area contributed by atoms with Crippen LogP contribution in [-0.2, 0) is 24.2 Å². The van der Waals surface area contributed by atoms with Gasteiger partial charge >= 0.3 is 0 Å². The van der Waals surface area contributed by atoms with Crippen LogP contribution in [0.4, 0.5) is 0 Å². The Bertz CT molecular complexity index is 1780. The van der Waals surface area contributed by atoms with Crippen molar-refractivity contribution in [3.8, 4) is 0 Å². The van der Waals surface area contributed by atoms with Gasteiger partial charge in [0.15, 0.2) is 10.9 Å². The first-order valence-corrected chi connectivity index (χ1v) is 10.6. The molecule has 8 heteroatoms. The Hall–Kier alpha value is -3.49. The van der Waals surface area contributed by atoms with Gasteiger partial charge in [0.25, 0.3) is 10.1 Å². The Morgan fingerprint density at radius 2 is 1.27 bits per heavy atom. The monoisotopic (exact) mass is 420 g/mol. The van der Waals surface area contributed by atoms with Crippen LogP contribution in [0.2, 0.25) is 0 Å². The summed E-state index contributed by atoms with van der Waals surface area (Å²) in [5, 5.41) is 0.708. The number of nitrogens with zero attached hydrogens (tertiary/aromatic N) is 2. The van der Waals surface area contributed by atoms with E-state index in [0.717, 1.165) is 0 Å². The van der Waals surface area contributed by atoms with E-state index in [0.29, 0.717) is 21.8 Å². The lowest BCUT2D eigenvalue weighted by Gasteiger charge is -2.17. The summed E-state index contributed by atoms with van der Waals surface area (Å²) in [6.07, 6.45) is 0. The van der Waals surface area contributed by atoms with Gasteiger partial charge in [-0.3, -0.25) is 14.1 Å². The molecule has 2 aromatic heterocycles. The standard InChI is InChI=1S/C22H16N2O5S/c1-23-15-9-5-4-8-13(15)21(26)18-17(23)11-14-19(22(18)30(27,28)29)24(2)16-10-6-3-7-12(16)20(14)25/h3-11H,1-2H3,(H,27,28,29). The van der Waals surface area contributed by atoms with E-state index in [9.17, 15) is 22.6 Å². The second kappa shape index (κ2) is 6.01. The highest BCUT2D eigenvalue weighted by Gasteiger charge is 2.26. The minimum Gasteiger partial charge on any atom is -0.343 e. The van der Waals surface area contributed by atoms with Gasteiger partial charge in [0, 0.05) is 30.3 Å². The van der Waals surface area contributed by atoms with Crippen LogP contribution in [0.3, 0.4) is 0 Å². The Labute approximate surface area is 170 Å². The molecular weight excluding hydrogens is 404 g/mol. The smallest absolute Gasteiger partial charge is 0.297 e. The van der Waals surface area contributed by atoms with Gasteiger partial charge in [-0.2, -0.15) is 8.42 Å². The van der Waals surface area contributed by atoms with Gasteiger partial charge in [-0.15, -0.1) is 0 Å². The second-order valence-corrected chi connectivity index (χ2v) is 8.64. The van der Waals surface area contributed by atoms with Gasteiger partial charge in [-0.25, -0.2) is 0 Å². The molecule has 30 heavy (non-hydrogen) atoms. The van der Waals surface area contributed by atoms with E-state index in [-0.39, 0.29) is 27.2 Å². The maximum absolute atomic E-state index is 13.3. The first-order valence-electron chi connectivity index (χ1n) is 9.15. The van der Waals surface area contributed by atoms with Crippen molar-refractivity contribution in [3.05, 3.63) is 75.0 Å². The average Bonchev–Trinajstić information content (AvgIpc) is 2.73. The molecule has 0 saturated heterocycles. The molecule has 0 radical (unpaired) electrons. The maximum Gasteiger partial charge on any atom is 0.297 e. The summed E-state index contributed by atoms with van der Waals surface area (Å²) < 4.78 is 38.5. The zero-order valence-corrected chi connectivity index (χ0v) is 16.9. The molecule has 2 heterocycles. The lowest BCUT2D eigenvalue weighted by molar-refractivity contribution is 0.484. The van der Waals surface area contributed by atoms with Gasteiger partial charge in [0.1, 0.15) is 4.90 Å². The van der Waals surface area contributed by atoms with Crippen molar-refractivity contribution < 1.29 is 13.0 Å². The van der Waals surface area contributed by atoms with Crippen molar-refractivity contribution in [2.24, 2.45) is 14.1 Å². The van der Waals surface area contributed by atoms with E-state index in [1.54, 1.807) is 67.2 Å². The number of fused-ring (bicyclic) bond motifs is 4. The third-order valence-corrected chi connectivity index (χ3v) is 6.59. The molecule has 150 valence electrons. The minimum atomic E-state index is -4.84. The second-order valence-electron chi connectivity index (χ2n) is 7.28. The summed E-state index contributed by atoms with van der Waals surface area (Å²) in [4.78, 5) is 26.0. The summed E-state index contributed by atoms with van der Waals surface area (Å²) in [5.74, 6) is 0. The van der Waals surface area contributed by atoms with Crippen molar-refractivity contribution in [1.82, 2.24) is 9.13 Å². The van der Waals surface area contributed by atoms with Crippen molar-refractivity contribution in [3.63, 3.8) is 0 Å². The third kappa shape index (κ3) is 2.31. The van der Waals surface area contributed by atoms with Crippen molar-refractivity contribution in [2.45, 2.75) is 4.90 Å². The van der Waals surface area contributed by atoms with E-state index in [4.69, 9.17) is 0 Å². The molecule has 5 aromatic rings. The molecule has 0 spiro atoms. The number of aryl methyl sites for hydroxylation is 2. The summed E-state index contributed by atoms with van der Waals surface area (Å²) >= 11 is 0. The summed E-state index contributed by atoms with van der Waals surface area (Å²) in [7, 11) is -1.55. The predicted molar refractivity (Wildman–Crippen MR) is 117 cm³/mol. The molecule has 0 bridgehead atoms. The fourth-order valence-electron chi connectivity index (χ4n) is 4.32. The van der Waals surface area contributed by atoms with E-state index >= 15 is 0 Å². The van der Waals surface area contributed by atoms with E-state index < -0.39 is 20.4 Å². The zero-order chi connectivity index (χ0) is 21.4. The highest BCUT2D eigenvalue weighted by molar-refractivity contribution is 7.86. The molecule has 0 unspecified atom stereocenters. The van der Waals surface area contributed by atoms with E-state index in [1.807, 2.05) is 0 Å². The average molecular weight is 420 g/mol. The number of para-hydroxylation sites is 2. The lowest BCUT2D eigenvalue weighted by atomic mass is 10.0. The van der Waals surface area contributed by atoms with Crippen LogP contribution in [0.15, 0.2) is 69.1 Å². The molecule has 0 amide bonds. The molecule has 0 aliphatic rings. The summed E-state index contributed by atoms with van der Waals surface area (Å²) in [6.45, 7) is 0. The SMILES string of the molecule is Cn1c2ccccc2c(=O)c2c(S(=O)(=O)O)c3c(cc21)c(=O)c1ccccc1n3C. The first kappa shape index (κ1) is 18.5. The van der Waals surface area contributed by atoms with Crippen LogP contribution in [-0.4, -0.2) is 22.1 Å². The van der Waals surface area contributed by atoms with Crippen molar-refractivity contribution in [1.29, 1.82) is 0 Å². The van der Waals surface area contributed by atoms with E-state index in [1.165, 1.54) is 10.6 Å². The van der Waals surface area contributed by atoms with Gasteiger partial charge in [-0.1, -0.05) is 24.3 Å². The quantitative estimate of drug-likeness (QED) is 0.332. The van der Waals surface area contributed by atoms with Gasteiger partial charge in [0.2, 0.25) is 0 Å². The molecule has 0 aliphatic carbocycles. The first-order chi connectivity index (χ1) is 14.2. The molecule has 0 fully saturated rings. The van der Waals surface area contributed by atoms with Gasteiger partial charge in [-0.05, 0) is 30.3 Å². The van der Waals surface area contributed by atoms with Crippen molar-refractivity contribution >= 4 is 53.7 Å². The largest absolute Gasteiger partial charge is 0.343 e. The number of pyridine rings is 2. The van der Waals surface area contributed by atoms with Crippen LogP contribution in [0.25, 0.3) is 43.6 Å². The predicted octanol–water partition coefficient (Wildman–Crippen LogP) is 2.94. The number of benzene rings is 3. The van der Waals surface area contributed by atoms with E-state index in [2.05, 4.69) is 0 Å². The molecule has 0 saturated carbocycles. The highest BCUT2D eigenvalue weighted by Crippen LogP contribution is 2.32. The number of hydrogen-bond donors (Lipinski definition) is 1. The molecule has 3 aromatic carbocycles. The maximum atomic E-state index is 13.3. The molecule has 1 N–H and O–H groups in total. The lowest BCUT2D eigenvalue weighted by Crippen LogP contribution is -2.18. The zero-order valence-electron chi connectivity index (χ0n) is 16.1. The number of aromatic nitrogens is 2.